The Morgan fingerprint density at radius 1 is 1.00 bits per heavy atom. The van der Waals surface area contributed by atoms with Crippen molar-refractivity contribution in [3.8, 4) is 5.69 Å². The van der Waals surface area contributed by atoms with E-state index in [2.05, 4.69) is 60.7 Å². The van der Waals surface area contributed by atoms with Crippen LogP contribution < -0.4 is 5.32 Å². The number of nitrogens with zero attached hydrogens (tertiary/aromatic N) is 3. The zero-order chi connectivity index (χ0) is 14.9. The van der Waals surface area contributed by atoms with Crippen LogP contribution in [0, 0.1) is 0 Å². The molecule has 0 bridgehead atoms. The largest absolute Gasteiger partial charge is 0.308 e. The number of benzene rings is 2. The number of para-hydroxylation sites is 1. The number of nitrogens with one attached hydrogen (secondary N) is 1. The highest BCUT2D eigenvalue weighted by molar-refractivity contribution is 5.75. The SMILES string of the molecule is CC(C)(C)NCc1ccc(-n2nnc3ccccc32)cc1. The highest BCUT2D eigenvalue weighted by Gasteiger charge is 2.09. The molecule has 0 aliphatic heterocycles. The third-order valence-electron chi connectivity index (χ3n) is 3.36. The van der Waals surface area contributed by atoms with E-state index in [4.69, 9.17) is 0 Å². The number of aromatic nitrogens is 3. The van der Waals surface area contributed by atoms with Crippen molar-refractivity contribution in [2.75, 3.05) is 0 Å². The Labute approximate surface area is 124 Å². The normalized spacial score (nSPS) is 12.0. The molecule has 0 saturated carbocycles. The van der Waals surface area contributed by atoms with Gasteiger partial charge in [-0.25, -0.2) is 4.68 Å². The lowest BCUT2D eigenvalue weighted by Gasteiger charge is -2.20. The molecule has 0 radical (unpaired) electrons. The van der Waals surface area contributed by atoms with Gasteiger partial charge < -0.3 is 5.32 Å². The van der Waals surface area contributed by atoms with Gasteiger partial charge in [0.1, 0.15) is 5.52 Å². The minimum Gasteiger partial charge on any atom is -0.308 e. The molecular formula is C17H20N4. The second kappa shape index (κ2) is 5.30. The summed E-state index contributed by atoms with van der Waals surface area (Å²) in [6, 6.07) is 16.4. The van der Waals surface area contributed by atoms with Crippen LogP contribution in [0.1, 0.15) is 26.3 Å². The quantitative estimate of drug-likeness (QED) is 0.800. The molecule has 4 nitrogen and oxygen atoms in total. The molecule has 0 amide bonds. The standard InChI is InChI=1S/C17H20N4/c1-17(2,3)18-12-13-8-10-14(11-9-13)21-16-7-5-4-6-15(16)19-20-21/h4-11,18H,12H2,1-3H3. The Morgan fingerprint density at radius 2 is 1.71 bits per heavy atom. The fourth-order valence-electron chi connectivity index (χ4n) is 2.18. The highest BCUT2D eigenvalue weighted by atomic mass is 15.4. The molecule has 1 N–H and O–H groups in total. The molecule has 4 heteroatoms. The van der Waals surface area contributed by atoms with Crippen molar-refractivity contribution in [3.05, 3.63) is 54.1 Å². The van der Waals surface area contributed by atoms with Gasteiger partial charge in [0.05, 0.1) is 11.2 Å². The van der Waals surface area contributed by atoms with Crippen LogP contribution >= 0.6 is 0 Å². The predicted octanol–water partition coefficient (Wildman–Crippen LogP) is 3.31. The minimum absolute atomic E-state index is 0.126. The molecule has 3 aromatic rings. The van der Waals surface area contributed by atoms with Gasteiger partial charge in [0, 0.05) is 12.1 Å². The van der Waals surface area contributed by atoms with Gasteiger partial charge >= 0.3 is 0 Å². The summed E-state index contributed by atoms with van der Waals surface area (Å²) in [5.41, 5.74) is 4.36. The average Bonchev–Trinajstić information content (AvgIpc) is 2.89. The molecule has 1 aromatic heterocycles. The maximum absolute atomic E-state index is 4.23. The van der Waals surface area contributed by atoms with Crippen LogP contribution in [0.25, 0.3) is 16.7 Å². The molecule has 21 heavy (non-hydrogen) atoms. The Morgan fingerprint density at radius 3 is 2.43 bits per heavy atom. The smallest absolute Gasteiger partial charge is 0.113 e. The summed E-state index contributed by atoms with van der Waals surface area (Å²) in [5, 5.41) is 11.9. The van der Waals surface area contributed by atoms with Gasteiger partial charge in [0.2, 0.25) is 0 Å². The first-order chi connectivity index (χ1) is 10.0. The van der Waals surface area contributed by atoms with Crippen molar-refractivity contribution in [2.24, 2.45) is 0 Å². The third-order valence-corrected chi connectivity index (χ3v) is 3.36. The Kier molecular flexibility index (Phi) is 3.47. The Hall–Kier alpha value is -2.20. The van der Waals surface area contributed by atoms with Crippen LogP contribution in [-0.2, 0) is 6.54 Å². The van der Waals surface area contributed by atoms with E-state index in [0.717, 1.165) is 23.3 Å². The van der Waals surface area contributed by atoms with Crippen molar-refractivity contribution in [1.29, 1.82) is 0 Å². The van der Waals surface area contributed by atoms with Crippen molar-refractivity contribution in [3.63, 3.8) is 0 Å². The van der Waals surface area contributed by atoms with Gasteiger partial charge in [-0.3, -0.25) is 0 Å². The van der Waals surface area contributed by atoms with E-state index in [0.29, 0.717) is 0 Å². The summed E-state index contributed by atoms with van der Waals surface area (Å²) in [6.45, 7) is 7.37. The van der Waals surface area contributed by atoms with Crippen LogP contribution in [0.15, 0.2) is 48.5 Å². The number of fused-ring (bicyclic) bond motifs is 1. The summed E-state index contributed by atoms with van der Waals surface area (Å²) < 4.78 is 1.87. The van der Waals surface area contributed by atoms with Crippen LogP contribution in [0.4, 0.5) is 0 Å². The number of hydrogen-bond donors (Lipinski definition) is 1. The second-order valence-corrected chi connectivity index (χ2v) is 6.26. The molecule has 2 aromatic carbocycles. The highest BCUT2D eigenvalue weighted by Crippen LogP contribution is 2.16. The number of rotatable bonds is 3. The topological polar surface area (TPSA) is 42.7 Å². The summed E-state index contributed by atoms with van der Waals surface area (Å²) >= 11 is 0. The van der Waals surface area contributed by atoms with Crippen LogP contribution in [0.2, 0.25) is 0 Å². The fourth-order valence-corrected chi connectivity index (χ4v) is 2.18. The molecule has 0 unspecified atom stereocenters. The lowest BCUT2D eigenvalue weighted by Crippen LogP contribution is -2.35. The van der Waals surface area contributed by atoms with E-state index >= 15 is 0 Å². The minimum atomic E-state index is 0.126. The van der Waals surface area contributed by atoms with E-state index in [9.17, 15) is 0 Å². The van der Waals surface area contributed by atoms with Gasteiger partial charge in [-0.1, -0.05) is 29.5 Å². The van der Waals surface area contributed by atoms with Crippen LogP contribution in [0.5, 0.6) is 0 Å². The summed E-state index contributed by atoms with van der Waals surface area (Å²) in [5.74, 6) is 0. The first-order valence-corrected chi connectivity index (χ1v) is 7.18. The zero-order valence-corrected chi connectivity index (χ0v) is 12.7. The van der Waals surface area contributed by atoms with Crippen molar-refractivity contribution < 1.29 is 0 Å². The zero-order valence-electron chi connectivity index (χ0n) is 12.7. The lowest BCUT2D eigenvalue weighted by molar-refractivity contribution is 0.424. The maximum atomic E-state index is 4.23. The summed E-state index contributed by atoms with van der Waals surface area (Å²) in [4.78, 5) is 0. The van der Waals surface area contributed by atoms with Gasteiger partial charge in [0.15, 0.2) is 0 Å². The predicted molar refractivity (Wildman–Crippen MR) is 85.5 cm³/mol. The molecule has 0 aliphatic carbocycles. The molecule has 0 spiro atoms. The van der Waals surface area contributed by atoms with Crippen molar-refractivity contribution >= 4 is 11.0 Å². The van der Waals surface area contributed by atoms with E-state index in [1.165, 1.54) is 5.56 Å². The lowest BCUT2D eigenvalue weighted by atomic mass is 10.1. The summed E-state index contributed by atoms with van der Waals surface area (Å²) in [6.07, 6.45) is 0. The van der Waals surface area contributed by atoms with Crippen molar-refractivity contribution in [1.82, 2.24) is 20.3 Å². The Balaban J connectivity index is 1.84. The van der Waals surface area contributed by atoms with E-state index in [1.807, 2.05) is 28.9 Å². The molecule has 0 atom stereocenters. The first-order valence-electron chi connectivity index (χ1n) is 7.18. The number of hydrogen-bond acceptors (Lipinski definition) is 3. The third kappa shape index (κ3) is 3.11. The van der Waals surface area contributed by atoms with Crippen LogP contribution in [0.3, 0.4) is 0 Å². The van der Waals surface area contributed by atoms with E-state index in [-0.39, 0.29) is 5.54 Å². The molecule has 0 fully saturated rings. The monoisotopic (exact) mass is 280 g/mol. The summed E-state index contributed by atoms with van der Waals surface area (Å²) in [7, 11) is 0. The first kappa shape index (κ1) is 13.8. The van der Waals surface area contributed by atoms with Gasteiger partial charge in [0.25, 0.3) is 0 Å². The molecule has 1 heterocycles. The molecule has 0 saturated heterocycles. The molecule has 0 aliphatic rings. The average molecular weight is 280 g/mol. The molecular weight excluding hydrogens is 260 g/mol. The van der Waals surface area contributed by atoms with Gasteiger partial charge in [-0.05, 0) is 50.6 Å². The molecule has 108 valence electrons. The maximum Gasteiger partial charge on any atom is 0.113 e. The van der Waals surface area contributed by atoms with Crippen LogP contribution in [-0.4, -0.2) is 20.5 Å². The Bertz CT molecular complexity index is 735. The van der Waals surface area contributed by atoms with Crippen molar-refractivity contribution in [2.45, 2.75) is 32.9 Å². The van der Waals surface area contributed by atoms with E-state index < -0.39 is 0 Å². The van der Waals surface area contributed by atoms with E-state index in [1.54, 1.807) is 0 Å². The van der Waals surface area contributed by atoms with Gasteiger partial charge in [-0.15, -0.1) is 5.10 Å². The second-order valence-electron chi connectivity index (χ2n) is 6.26. The van der Waals surface area contributed by atoms with Gasteiger partial charge in [-0.2, -0.15) is 0 Å². The fraction of sp³-hybridized carbons (Fsp3) is 0.294. The molecule has 3 rings (SSSR count).